The molecule has 2 heteroatoms. The van der Waals surface area contributed by atoms with Crippen LogP contribution in [0.1, 0.15) is 18.6 Å². The number of oxazole rings is 1. The van der Waals surface area contributed by atoms with E-state index in [0.717, 1.165) is 5.76 Å². The minimum atomic E-state index is 0.697. The van der Waals surface area contributed by atoms with Gasteiger partial charge in [0.2, 0.25) is 0 Å². The zero-order valence-electron chi connectivity index (χ0n) is 5.01. The highest BCUT2D eigenvalue weighted by Crippen LogP contribution is 2.01. The highest BCUT2D eigenvalue weighted by molar-refractivity contribution is 4.97. The molecule has 1 aromatic heterocycles. The maximum Gasteiger partial charge on any atom is 0.197 e. The van der Waals surface area contributed by atoms with Crippen molar-refractivity contribution in [2.45, 2.75) is 13.8 Å². The molecule has 0 saturated carbocycles. The molecule has 0 atom stereocenters. The molecule has 0 saturated heterocycles. The molecule has 0 aliphatic carbocycles. The van der Waals surface area contributed by atoms with Crippen molar-refractivity contribution in [1.82, 2.24) is 4.98 Å². The van der Waals surface area contributed by atoms with Crippen molar-refractivity contribution in [3.8, 4) is 0 Å². The van der Waals surface area contributed by atoms with Crippen molar-refractivity contribution in [2.24, 2.45) is 0 Å². The first-order valence-electron chi connectivity index (χ1n) is 2.54. The Hall–Kier alpha value is -0.790. The molecular formula is C6H8NO. The summed E-state index contributed by atoms with van der Waals surface area (Å²) < 4.78 is 5.07. The van der Waals surface area contributed by atoms with Crippen LogP contribution in [0.4, 0.5) is 0 Å². The first-order chi connectivity index (χ1) is 3.83. The van der Waals surface area contributed by atoms with Gasteiger partial charge in [-0.2, -0.15) is 0 Å². The van der Waals surface area contributed by atoms with Crippen LogP contribution in [0.5, 0.6) is 0 Å². The predicted molar refractivity (Wildman–Crippen MR) is 30.3 cm³/mol. The molecule has 1 radical (unpaired) electrons. The Labute approximate surface area is 48.5 Å². The highest BCUT2D eigenvalue weighted by Gasteiger charge is 1.93. The van der Waals surface area contributed by atoms with E-state index in [0.29, 0.717) is 5.89 Å². The molecule has 0 N–H and O–H groups in total. The van der Waals surface area contributed by atoms with E-state index in [-0.39, 0.29) is 0 Å². The fraction of sp³-hybridized carbons (Fsp3) is 0.333. The number of rotatable bonds is 1. The molecule has 2 nitrogen and oxygen atoms in total. The van der Waals surface area contributed by atoms with Crippen molar-refractivity contribution in [3.63, 3.8) is 0 Å². The van der Waals surface area contributed by atoms with Gasteiger partial charge >= 0.3 is 0 Å². The molecule has 1 rings (SSSR count). The number of nitrogens with zero attached hydrogens (tertiary/aromatic N) is 1. The predicted octanol–water partition coefficient (Wildman–Crippen LogP) is 1.56. The van der Waals surface area contributed by atoms with Crippen LogP contribution in [0.15, 0.2) is 10.6 Å². The molecule has 0 amide bonds. The Bertz CT molecular complexity index is 169. The zero-order valence-corrected chi connectivity index (χ0v) is 5.01. The fourth-order valence-electron chi connectivity index (χ4n) is 0.506. The first kappa shape index (κ1) is 5.35. The van der Waals surface area contributed by atoms with Crippen molar-refractivity contribution in [1.29, 1.82) is 0 Å². The molecule has 0 fully saturated rings. The third-order valence-electron chi connectivity index (χ3n) is 0.886. The lowest BCUT2D eigenvalue weighted by molar-refractivity contribution is 0.500. The average Bonchev–Trinajstić information content (AvgIpc) is 2.14. The van der Waals surface area contributed by atoms with Crippen LogP contribution in [-0.4, -0.2) is 4.98 Å². The molecule has 0 aliphatic rings. The van der Waals surface area contributed by atoms with E-state index >= 15 is 0 Å². The topological polar surface area (TPSA) is 26.0 Å². The lowest BCUT2D eigenvalue weighted by Gasteiger charge is -1.79. The first-order valence-corrected chi connectivity index (χ1v) is 2.54. The normalized spacial score (nSPS) is 9.75. The van der Waals surface area contributed by atoms with Gasteiger partial charge in [0.05, 0.1) is 6.20 Å². The van der Waals surface area contributed by atoms with Crippen LogP contribution >= 0.6 is 0 Å². The Morgan fingerprint density at radius 2 is 2.50 bits per heavy atom. The maximum absolute atomic E-state index is 5.07. The van der Waals surface area contributed by atoms with Gasteiger partial charge in [0.25, 0.3) is 0 Å². The zero-order chi connectivity index (χ0) is 5.98. The largest absolute Gasteiger partial charge is 0.446 e. The molecule has 8 heavy (non-hydrogen) atoms. The lowest BCUT2D eigenvalue weighted by Crippen LogP contribution is -1.70. The molecule has 43 valence electrons. The summed E-state index contributed by atoms with van der Waals surface area (Å²) in [5, 5.41) is 0. The number of aryl methyl sites for hydroxylation is 1. The highest BCUT2D eigenvalue weighted by atomic mass is 16.3. The molecule has 0 aromatic carbocycles. The molecule has 0 bridgehead atoms. The van der Waals surface area contributed by atoms with E-state index in [4.69, 9.17) is 4.42 Å². The van der Waals surface area contributed by atoms with Crippen LogP contribution in [0.3, 0.4) is 0 Å². The molecule has 1 aromatic rings. The van der Waals surface area contributed by atoms with Crippen molar-refractivity contribution < 1.29 is 4.42 Å². The second-order valence-corrected chi connectivity index (χ2v) is 1.60. The second-order valence-electron chi connectivity index (χ2n) is 1.60. The Balaban J connectivity index is 2.84. The Morgan fingerprint density at radius 1 is 1.75 bits per heavy atom. The summed E-state index contributed by atoms with van der Waals surface area (Å²) in [5.74, 6) is 1.56. The molecular weight excluding hydrogens is 102 g/mol. The van der Waals surface area contributed by atoms with E-state index in [1.807, 2.05) is 20.3 Å². The van der Waals surface area contributed by atoms with Crippen LogP contribution in [0.2, 0.25) is 0 Å². The summed E-state index contributed by atoms with van der Waals surface area (Å²) in [7, 11) is 0. The monoisotopic (exact) mass is 110 g/mol. The smallest absolute Gasteiger partial charge is 0.197 e. The summed E-state index contributed by atoms with van der Waals surface area (Å²) >= 11 is 0. The van der Waals surface area contributed by atoms with E-state index in [2.05, 4.69) is 4.98 Å². The van der Waals surface area contributed by atoms with Gasteiger partial charge in [-0.05, 0) is 6.92 Å². The van der Waals surface area contributed by atoms with Crippen LogP contribution < -0.4 is 0 Å². The summed E-state index contributed by atoms with van der Waals surface area (Å²) in [4.78, 5) is 3.91. The van der Waals surface area contributed by atoms with Gasteiger partial charge in [-0.3, -0.25) is 0 Å². The minimum absolute atomic E-state index is 0.697. The summed E-state index contributed by atoms with van der Waals surface area (Å²) in [5.41, 5.74) is 0. The Morgan fingerprint density at radius 3 is 2.75 bits per heavy atom. The van der Waals surface area contributed by atoms with Crippen molar-refractivity contribution in [3.05, 3.63) is 24.3 Å². The lowest BCUT2D eigenvalue weighted by atomic mass is 10.5. The average molecular weight is 110 g/mol. The van der Waals surface area contributed by atoms with Gasteiger partial charge in [-0.15, -0.1) is 0 Å². The number of hydrogen-bond donors (Lipinski definition) is 0. The summed E-state index contributed by atoms with van der Waals surface area (Å²) in [6, 6.07) is 0. The van der Waals surface area contributed by atoms with Gasteiger partial charge in [-0.25, -0.2) is 4.98 Å². The maximum atomic E-state index is 5.07. The molecule has 0 unspecified atom stereocenters. The van der Waals surface area contributed by atoms with Crippen LogP contribution in [0, 0.1) is 13.3 Å². The SMILES string of the molecule is C[CH]c1ncc(C)o1. The van der Waals surface area contributed by atoms with E-state index in [1.165, 1.54) is 0 Å². The van der Waals surface area contributed by atoms with Crippen LogP contribution in [-0.2, 0) is 0 Å². The minimum Gasteiger partial charge on any atom is -0.446 e. The van der Waals surface area contributed by atoms with Gasteiger partial charge < -0.3 is 4.42 Å². The summed E-state index contributed by atoms with van der Waals surface area (Å²) in [6.07, 6.45) is 3.53. The van der Waals surface area contributed by atoms with Gasteiger partial charge in [-0.1, -0.05) is 6.92 Å². The van der Waals surface area contributed by atoms with Crippen LogP contribution in [0.25, 0.3) is 0 Å². The quantitative estimate of drug-likeness (QED) is 0.548. The Kier molecular flexibility index (Phi) is 1.33. The number of aromatic nitrogens is 1. The second kappa shape index (κ2) is 1.99. The third-order valence-corrected chi connectivity index (χ3v) is 0.886. The molecule has 0 aliphatic heterocycles. The standard InChI is InChI=1S/C6H8NO/c1-3-6-7-4-5(2)8-6/h3-4H,1-2H3. The van der Waals surface area contributed by atoms with E-state index in [1.54, 1.807) is 6.20 Å². The van der Waals surface area contributed by atoms with Crippen molar-refractivity contribution >= 4 is 0 Å². The van der Waals surface area contributed by atoms with Crippen molar-refractivity contribution in [2.75, 3.05) is 0 Å². The molecule has 0 spiro atoms. The van der Waals surface area contributed by atoms with Gasteiger partial charge in [0.15, 0.2) is 5.89 Å². The number of hydrogen-bond acceptors (Lipinski definition) is 2. The molecule has 1 heterocycles. The third kappa shape index (κ3) is 0.886. The van der Waals surface area contributed by atoms with Gasteiger partial charge in [0, 0.05) is 6.42 Å². The fourth-order valence-corrected chi connectivity index (χ4v) is 0.506. The summed E-state index contributed by atoms with van der Waals surface area (Å²) in [6.45, 7) is 3.77. The van der Waals surface area contributed by atoms with Gasteiger partial charge in [0.1, 0.15) is 5.76 Å². The van der Waals surface area contributed by atoms with E-state index in [9.17, 15) is 0 Å². The van der Waals surface area contributed by atoms with E-state index < -0.39 is 0 Å².